The third-order valence-electron chi connectivity index (χ3n) is 7.91. The van der Waals surface area contributed by atoms with Crippen molar-refractivity contribution in [2.24, 2.45) is 0 Å². The Morgan fingerprint density at radius 1 is 0.477 bits per heavy atom. The summed E-state index contributed by atoms with van der Waals surface area (Å²) in [6.07, 6.45) is 0. The molecule has 0 bridgehead atoms. The van der Waals surface area contributed by atoms with E-state index in [9.17, 15) is 0 Å². The summed E-state index contributed by atoms with van der Waals surface area (Å²) in [7, 11) is 0. The molecule has 0 aliphatic rings. The Bertz CT molecular complexity index is 2130. The summed E-state index contributed by atoms with van der Waals surface area (Å²) in [5.74, 6) is -0.408. The van der Waals surface area contributed by atoms with Gasteiger partial charge < -0.3 is 4.90 Å². The first-order chi connectivity index (χ1) is 21.7. The summed E-state index contributed by atoms with van der Waals surface area (Å²) in [4.78, 5) is 5.77. The highest BCUT2D eigenvalue weighted by Crippen LogP contribution is 2.42. The molecular formula is C41H27FN2. The molecular weight excluding hydrogens is 539 g/mol. The molecule has 208 valence electrons. The minimum atomic E-state index is -0.408. The molecule has 0 radical (unpaired) electrons. The quantitative estimate of drug-likeness (QED) is 0.182. The molecule has 0 aliphatic carbocycles. The van der Waals surface area contributed by atoms with Crippen molar-refractivity contribution in [1.82, 2.24) is 0 Å². The van der Waals surface area contributed by atoms with Crippen LogP contribution < -0.4 is 4.90 Å². The second-order valence-electron chi connectivity index (χ2n) is 10.6. The van der Waals surface area contributed by atoms with Crippen LogP contribution >= 0.6 is 0 Å². The molecule has 0 heterocycles. The van der Waals surface area contributed by atoms with Gasteiger partial charge in [-0.15, -0.1) is 0 Å². The zero-order valence-corrected chi connectivity index (χ0v) is 23.9. The minimum Gasteiger partial charge on any atom is -0.310 e. The number of hydrogen-bond donors (Lipinski definition) is 0. The summed E-state index contributed by atoms with van der Waals surface area (Å²) < 4.78 is 15.1. The number of nitrogens with zero attached hydrogens (tertiary/aromatic N) is 2. The third kappa shape index (κ3) is 5.11. The number of halogens is 1. The normalized spacial score (nSPS) is 10.8. The maximum atomic E-state index is 15.1. The summed E-state index contributed by atoms with van der Waals surface area (Å²) in [6.45, 7) is 7.62. The first-order valence-corrected chi connectivity index (χ1v) is 14.5. The van der Waals surface area contributed by atoms with Crippen molar-refractivity contribution in [2.45, 2.75) is 0 Å². The largest absolute Gasteiger partial charge is 0.310 e. The van der Waals surface area contributed by atoms with Gasteiger partial charge in [-0.05, 0) is 93.2 Å². The average molecular weight is 567 g/mol. The molecule has 0 fully saturated rings. The molecule has 0 N–H and O–H groups in total. The van der Waals surface area contributed by atoms with E-state index < -0.39 is 5.82 Å². The second kappa shape index (κ2) is 11.7. The second-order valence-corrected chi connectivity index (χ2v) is 10.6. The number of hydrogen-bond acceptors (Lipinski definition) is 1. The Morgan fingerprint density at radius 2 is 1.09 bits per heavy atom. The Balaban J connectivity index is 1.44. The van der Waals surface area contributed by atoms with Crippen LogP contribution in [0.2, 0.25) is 0 Å². The maximum absolute atomic E-state index is 15.1. The van der Waals surface area contributed by atoms with Crippen molar-refractivity contribution in [2.75, 3.05) is 4.90 Å². The van der Waals surface area contributed by atoms with Gasteiger partial charge >= 0.3 is 0 Å². The Kier molecular flexibility index (Phi) is 7.16. The van der Waals surface area contributed by atoms with Gasteiger partial charge in [0.2, 0.25) is 0 Å². The van der Waals surface area contributed by atoms with E-state index in [4.69, 9.17) is 6.57 Å². The maximum Gasteiger partial charge on any atom is 0.197 e. The van der Waals surface area contributed by atoms with Crippen LogP contribution in [0.15, 0.2) is 164 Å². The summed E-state index contributed by atoms with van der Waals surface area (Å²) in [5.41, 5.74) is 8.73. The fourth-order valence-electron chi connectivity index (χ4n) is 5.87. The average Bonchev–Trinajstić information content (AvgIpc) is 3.09. The zero-order valence-electron chi connectivity index (χ0n) is 23.9. The molecule has 0 saturated carbocycles. The lowest BCUT2D eigenvalue weighted by Crippen LogP contribution is -2.10. The number of fused-ring (bicyclic) bond motifs is 1. The lowest BCUT2D eigenvalue weighted by Gasteiger charge is -2.27. The standard InChI is InChI=1S/C41H27FN2/c1-43-40-22-12-21-39(42)41(40)31-17-11-20-35(26-31)44(34-18-9-4-10-19-34)36-23-24-37-33(27-36)25-32(29-13-5-2-6-14-29)28-38(37)30-15-7-3-8-16-30/h2-28H. The van der Waals surface area contributed by atoms with E-state index in [1.807, 2.05) is 54.6 Å². The highest BCUT2D eigenvalue weighted by molar-refractivity contribution is 6.02. The lowest BCUT2D eigenvalue weighted by atomic mass is 9.92. The van der Waals surface area contributed by atoms with E-state index in [0.29, 0.717) is 16.8 Å². The smallest absolute Gasteiger partial charge is 0.197 e. The van der Waals surface area contributed by atoms with Gasteiger partial charge in [0.15, 0.2) is 5.69 Å². The summed E-state index contributed by atoms with van der Waals surface area (Å²) in [5, 5.41) is 2.28. The first kappa shape index (κ1) is 26.9. The van der Waals surface area contributed by atoms with E-state index in [2.05, 4.69) is 101 Å². The van der Waals surface area contributed by atoms with Crippen LogP contribution in [-0.4, -0.2) is 0 Å². The fraction of sp³-hybridized carbons (Fsp3) is 0. The van der Waals surface area contributed by atoms with Crippen molar-refractivity contribution >= 4 is 33.5 Å². The van der Waals surface area contributed by atoms with Gasteiger partial charge in [0.1, 0.15) is 5.82 Å². The van der Waals surface area contributed by atoms with Crippen molar-refractivity contribution in [3.8, 4) is 33.4 Å². The van der Waals surface area contributed by atoms with E-state index in [-0.39, 0.29) is 0 Å². The summed E-state index contributed by atoms with van der Waals surface area (Å²) >= 11 is 0. The topological polar surface area (TPSA) is 7.60 Å². The van der Waals surface area contributed by atoms with E-state index >= 15 is 4.39 Å². The molecule has 7 aromatic carbocycles. The van der Waals surface area contributed by atoms with Gasteiger partial charge in [-0.2, -0.15) is 0 Å². The monoisotopic (exact) mass is 566 g/mol. The molecule has 0 saturated heterocycles. The number of anilines is 3. The molecule has 3 heteroatoms. The van der Waals surface area contributed by atoms with E-state index in [0.717, 1.165) is 44.5 Å². The Labute approximate surface area is 256 Å². The van der Waals surface area contributed by atoms with Crippen LogP contribution in [0.4, 0.5) is 27.1 Å². The molecule has 0 atom stereocenters. The van der Waals surface area contributed by atoms with Gasteiger partial charge in [0, 0.05) is 22.6 Å². The van der Waals surface area contributed by atoms with E-state index in [1.54, 1.807) is 12.1 Å². The van der Waals surface area contributed by atoms with Crippen LogP contribution in [0.5, 0.6) is 0 Å². The Morgan fingerprint density at radius 3 is 1.82 bits per heavy atom. The highest BCUT2D eigenvalue weighted by atomic mass is 19.1. The molecule has 2 nitrogen and oxygen atoms in total. The SMILES string of the molecule is [C-]#[N+]c1cccc(F)c1-c1cccc(N(c2ccccc2)c2ccc3c(-c4ccccc4)cc(-c4ccccc4)cc3c2)c1. The molecule has 0 unspecified atom stereocenters. The van der Waals surface area contributed by atoms with Crippen molar-refractivity contribution in [1.29, 1.82) is 0 Å². The molecule has 0 aromatic heterocycles. The van der Waals surface area contributed by atoms with Gasteiger partial charge in [-0.1, -0.05) is 109 Å². The van der Waals surface area contributed by atoms with Gasteiger partial charge in [0.05, 0.1) is 6.57 Å². The Hall–Kier alpha value is -5.98. The number of para-hydroxylation sites is 1. The van der Waals surface area contributed by atoms with Crippen molar-refractivity contribution in [3.63, 3.8) is 0 Å². The molecule has 0 amide bonds. The van der Waals surface area contributed by atoms with Crippen LogP contribution in [0.25, 0.3) is 49.0 Å². The third-order valence-corrected chi connectivity index (χ3v) is 7.91. The zero-order chi connectivity index (χ0) is 29.9. The predicted molar refractivity (Wildman–Crippen MR) is 181 cm³/mol. The molecule has 0 aliphatic heterocycles. The predicted octanol–water partition coefficient (Wildman–Crippen LogP) is 12.0. The van der Waals surface area contributed by atoms with E-state index in [1.165, 1.54) is 11.6 Å². The lowest BCUT2D eigenvalue weighted by molar-refractivity contribution is 0.632. The number of rotatable bonds is 6. The van der Waals surface area contributed by atoms with Gasteiger partial charge in [-0.3, -0.25) is 0 Å². The van der Waals surface area contributed by atoms with Crippen LogP contribution in [0, 0.1) is 12.4 Å². The highest BCUT2D eigenvalue weighted by Gasteiger charge is 2.17. The van der Waals surface area contributed by atoms with Gasteiger partial charge in [-0.25, -0.2) is 9.24 Å². The molecule has 0 spiro atoms. The van der Waals surface area contributed by atoms with Crippen molar-refractivity contribution in [3.05, 3.63) is 181 Å². The molecule has 44 heavy (non-hydrogen) atoms. The number of benzene rings is 7. The molecule has 7 rings (SSSR count). The summed E-state index contributed by atoms with van der Waals surface area (Å²) in [6, 6.07) is 54.6. The molecule has 7 aromatic rings. The van der Waals surface area contributed by atoms with Crippen molar-refractivity contribution < 1.29 is 4.39 Å². The van der Waals surface area contributed by atoms with Crippen LogP contribution in [-0.2, 0) is 0 Å². The van der Waals surface area contributed by atoms with Crippen LogP contribution in [0.3, 0.4) is 0 Å². The van der Waals surface area contributed by atoms with Crippen LogP contribution in [0.1, 0.15) is 0 Å². The minimum absolute atomic E-state index is 0.293. The fourth-order valence-corrected chi connectivity index (χ4v) is 5.87. The first-order valence-electron chi connectivity index (χ1n) is 14.5. The van der Waals surface area contributed by atoms with Gasteiger partial charge in [0.25, 0.3) is 0 Å².